The maximum Gasteiger partial charge on any atom is 0.224 e. The highest BCUT2D eigenvalue weighted by Gasteiger charge is 2.33. The van der Waals surface area contributed by atoms with Crippen molar-refractivity contribution < 1.29 is 4.79 Å². The number of rotatable bonds is 10. The third kappa shape index (κ3) is 5.70. The van der Waals surface area contributed by atoms with Crippen LogP contribution in [0.1, 0.15) is 36.1 Å². The molecular formula is C27H31N5OS2. The Kier molecular flexibility index (Phi) is 7.11. The van der Waals surface area contributed by atoms with Crippen molar-refractivity contribution in [3.8, 4) is 0 Å². The molecule has 0 radical (unpaired) electrons. The Morgan fingerprint density at radius 2 is 2.06 bits per heavy atom. The highest BCUT2D eigenvalue weighted by atomic mass is 32.2. The molecule has 35 heavy (non-hydrogen) atoms. The third-order valence-corrected chi connectivity index (χ3v) is 7.88. The SMILES string of the molecule is CSc1ccc2cc(CN(C(=O)CCn3ccc(C)n3)C3CC3)c(N(C)Cc3ccsc3)nc2c1. The Bertz CT molecular complexity index is 1310. The van der Waals surface area contributed by atoms with Crippen molar-refractivity contribution in [1.82, 2.24) is 19.7 Å². The summed E-state index contributed by atoms with van der Waals surface area (Å²) in [6.45, 7) is 3.94. The lowest BCUT2D eigenvalue weighted by atomic mass is 10.1. The molecule has 1 aliphatic rings. The average molecular weight is 506 g/mol. The van der Waals surface area contributed by atoms with Gasteiger partial charge in [-0.2, -0.15) is 16.4 Å². The minimum absolute atomic E-state index is 0.185. The molecule has 3 aromatic heterocycles. The van der Waals surface area contributed by atoms with Crippen molar-refractivity contribution in [2.24, 2.45) is 0 Å². The molecule has 3 heterocycles. The lowest BCUT2D eigenvalue weighted by Crippen LogP contribution is -2.34. The summed E-state index contributed by atoms with van der Waals surface area (Å²) in [6.07, 6.45) is 6.63. The number of carbonyl (C=O) groups excluding carboxylic acids is 1. The van der Waals surface area contributed by atoms with Gasteiger partial charge in [0.1, 0.15) is 5.82 Å². The number of aromatic nitrogens is 3. The first-order valence-electron chi connectivity index (χ1n) is 12.0. The van der Waals surface area contributed by atoms with Gasteiger partial charge in [0, 0.05) is 61.2 Å². The second kappa shape index (κ2) is 10.4. The zero-order valence-corrected chi connectivity index (χ0v) is 22.1. The molecule has 6 nitrogen and oxygen atoms in total. The van der Waals surface area contributed by atoms with Gasteiger partial charge in [-0.1, -0.05) is 6.07 Å². The van der Waals surface area contributed by atoms with Gasteiger partial charge in [0.05, 0.1) is 11.2 Å². The number of hydrogen-bond acceptors (Lipinski definition) is 6. The quantitative estimate of drug-likeness (QED) is 0.257. The molecule has 1 saturated carbocycles. The molecule has 1 aromatic carbocycles. The van der Waals surface area contributed by atoms with Crippen LogP contribution in [-0.2, 0) is 24.4 Å². The van der Waals surface area contributed by atoms with Gasteiger partial charge in [-0.25, -0.2) is 4.98 Å². The third-order valence-electron chi connectivity index (χ3n) is 6.42. The maximum atomic E-state index is 13.3. The van der Waals surface area contributed by atoms with Crippen LogP contribution in [0.5, 0.6) is 0 Å². The minimum atomic E-state index is 0.185. The van der Waals surface area contributed by atoms with Crippen LogP contribution in [0.2, 0.25) is 0 Å². The maximum absolute atomic E-state index is 13.3. The Hall–Kier alpha value is -2.84. The van der Waals surface area contributed by atoms with Crippen LogP contribution in [0.15, 0.2) is 58.3 Å². The number of carbonyl (C=O) groups is 1. The van der Waals surface area contributed by atoms with Gasteiger partial charge < -0.3 is 9.80 Å². The van der Waals surface area contributed by atoms with Crippen molar-refractivity contribution in [3.05, 3.63) is 70.2 Å². The van der Waals surface area contributed by atoms with Crippen LogP contribution in [0.4, 0.5) is 5.82 Å². The van der Waals surface area contributed by atoms with Gasteiger partial charge in [-0.3, -0.25) is 9.48 Å². The number of anilines is 1. The lowest BCUT2D eigenvalue weighted by Gasteiger charge is -2.27. The van der Waals surface area contributed by atoms with E-state index in [-0.39, 0.29) is 5.91 Å². The summed E-state index contributed by atoms with van der Waals surface area (Å²) in [5.41, 5.74) is 4.34. The number of fused-ring (bicyclic) bond motifs is 1. The number of thiophene rings is 1. The standard InChI is InChI=1S/C27H31N5OS2/c1-19-8-11-31(29-19)12-9-26(33)32(23-5-6-23)17-22-14-21-4-7-24(34-3)15-25(21)28-27(22)30(2)16-20-10-13-35-18-20/h4,7-8,10-11,13-15,18,23H,5-6,9,12,16-17H2,1-3H3. The fraction of sp³-hybridized carbons (Fsp3) is 0.370. The van der Waals surface area contributed by atoms with Crippen LogP contribution >= 0.6 is 23.1 Å². The summed E-state index contributed by atoms with van der Waals surface area (Å²) < 4.78 is 1.86. The molecule has 0 spiro atoms. The highest BCUT2D eigenvalue weighted by Crippen LogP contribution is 2.33. The molecule has 0 aliphatic heterocycles. The topological polar surface area (TPSA) is 54.3 Å². The van der Waals surface area contributed by atoms with Crippen LogP contribution in [0, 0.1) is 6.92 Å². The molecule has 1 fully saturated rings. The molecule has 1 amide bonds. The molecule has 4 aromatic rings. The number of benzene rings is 1. The van der Waals surface area contributed by atoms with E-state index in [4.69, 9.17) is 4.98 Å². The van der Waals surface area contributed by atoms with Gasteiger partial charge in [-0.05, 0) is 72.7 Å². The smallest absolute Gasteiger partial charge is 0.224 e. The summed E-state index contributed by atoms with van der Waals surface area (Å²) in [5, 5.41) is 9.84. The number of hydrogen-bond donors (Lipinski definition) is 0. The van der Waals surface area contributed by atoms with E-state index in [1.807, 2.05) is 23.9 Å². The normalized spacial score (nSPS) is 13.3. The van der Waals surface area contributed by atoms with Crippen LogP contribution in [0.25, 0.3) is 10.9 Å². The molecule has 1 aliphatic carbocycles. The van der Waals surface area contributed by atoms with Gasteiger partial charge in [-0.15, -0.1) is 11.8 Å². The van der Waals surface area contributed by atoms with E-state index in [1.54, 1.807) is 23.1 Å². The van der Waals surface area contributed by atoms with E-state index in [0.717, 1.165) is 47.4 Å². The van der Waals surface area contributed by atoms with Crippen molar-refractivity contribution in [2.75, 3.05) is 18.2 Å². The van der Waals surface area contributed by atoms with E-state index < -0.39 is 0 Å². The van der Waals surface area contributed by atoms with Crippen molar-refractivity contribution in [2.45, 2.75) is 56.8 Å². The van der Waals surface area contributed by atoms with E-state index in [0.29, 0.717) is 25.6 Å². The molecule has 182 valence electrons. The molecule has 5 rings (SSSR count). The molecule has 8 heteroatoms. The molecule has 0 N–H and O–H groups in total. The Morgan fingerprint density at radius 3 is 2.74 bits per heavy atom. The molecule has 0 saturated heterocycles. The number of aryl methyl sites for hydroxylation is 2. The summed E-state index contributed by atoms with van der Waals surface area (Å²) in [5.74, 6) is 1.13. The molecule has 0 bridgehead atoms. The predicted molar refractivity (Wildman–Crippen MR) is 145 cm³/mol. The fourth-order valence-corrected chi connectivity index (χ4v) is 5.51. The van der Waals surface area contributed by atoms with Gasteiger partial charge >= 0.3 is 0 Å². The minimum Gasteiger partial charge on any atom is -0.355 e. The van der Waals surface area contributed by atoms with Gasteiger partial charge in [0.25, 0.3) is 0 Å². The Labute approximate surface area is 215 Å². The largest absolute Gasteiger partial charge is 0.355 e. The number of nitrogens with zero attached hydrogens (tertiary/aromatic N) is 5. The zero-order chi connectivity index (χ0) is 24.4. The summed E-state index contributed by atoms with van der Waals surface area (Å²) in [7, 11) is 2.09. The molecular weight excluding hydrogens is 474 g/mol. The number of thioether (sulfide) groups is 1. The molecule has 0 unspecified atom stereocenters. The van der Waals surface area contributed by atoms with E-state index in [1.165, 1.54) is 10.5 Å². The number of pyridine rings is 1. The molecule has 0 atom stereocenters. The first-order chi connectivity index (χ1) is 17.0. The van der Waals surface area contributed by atoms with Crippen LogP contribution in [-0.4, -0.2) is 44.9 Å². The van der Waals surface area contributed by atoms with Gasteiger partial charge in [0.2, 0.25) is 5.91 Å². The first kappa shape index (κ1) is 23.9. The lowest BCUT2D eigenvalue weighted by molar-refractivity contribution is -0.132. The second-order valence-electron chi connectivity index (χ2n) is 9.24. The number of amides is 1. The Balaban J connectivity index is 1.43. The van der Waals surface area contributed by atoms with E-state index in [9.17, 15) is 4.79 Å². The van der Waals surface area contributed by atoms with Gasteiger partial charge in [0.15, 0.2) is 0 Å². The predicted octanol–water partition coefficient (Wildman–Crippen LogP) is 5.74. The first-order valence-corrected chi connectivity index (χ1v) is 14.2. The summed E-state index contributed by atoms with van der Waals surface area (Å²) in [4.78, 5) is 23.9. The van der Waals surface area contributed by atoms with Crippen molar-refractivity contribution >= 4 is 45.7 Å². The monoisotopic (exact) mass is 505 g/mol. The summed E-state index contributed by atoms with van der Waals surface area (Å²) >= 11 is 3.44. The average Bonchev–Trinajstić information content (AvgIpc) is 3.41. The van der Waals surface area contributed by atoms with E-state index in [2.05, 4.69) is 69.3 Å². The van der Waals surface area contributed by atoms with Crippen LogP contribution in [0.3, 0.4) is 0 Å². The fourth-order valence-electron chi connectivity index (χ4n) is 4.42. The van der Waals surface area contributed by atoms with E-state index >= 15 is 0 Å². The van der Waals surface area contributed by atoms with Crippen LogP contribution < -0.4 is 4.90 Å². The summed E-state index contributed by atoms with van der Waals surface area (Å²) in [6, 6.07) is 13.1. The highest BCUT2D eigenvalue weighted by molar-refractivity contribution is 7.98. The second-order valence-corrected chi connectivity index (χ2v) is 10.9. The van der Waals surface area contributed by atoms with Crippen molar-refractivity contribution in [1.29, 1.82) is 0 Å². The Morgan fingerprint density at radius 1 is 1.20 bits per heavy atom. The zero-order valence-electron chi connectivity index (χ0n) is 20.5. The van der Waals surface area contributed by atoms with Crippen molar-refractivity contribution in [3.63, 3.8) is 0 Å².